The number of aromatic nitrogens is 4. The molecule has 0 spiro atoms. The Morgan fingerprint density at radius 1 is 1.19 bits per heavy atom. The third-order valence-corrected chi connectivity index (χ3v) is 2.56. The number of nitrogens with one attached hydrogen (secondary N) is 1. The van der Waals surface area contributed by atoms with Crippen molar-refractivity contribution in [1.29, 1.82) is 0 Å². The summed E-state index contributed by atoms with van der Waals surface area (Å²) in [6.45, 7) is 0.828. The lowest BCUT2D eigenvalue weighted by molar-refractivity contribution is -0.662. The predicted molar refractivity (Wildman–Crippen MR) is 59.6 cm³/mol. The van der Waals surface area contributed by atoms with Crippen molar-refractivity contribution in [3.63, 3.8) is 0 Å². The van der Waals surface area contributed by atoms with E-state index in [9.17, 15) is 0 Å². The van der Waals surface area contributed by atoms with Gasteiger partial charge in [0, 0.05) is 0 Å². The zero-order valence-corrected chi connectivity index (χ0v) is 8.67. The van der Waals surface area contributed by atoms with Crippen molar-refractivity contribution in [3.8, 4) is 0 Å². The van der Waals surface area contributed by atoms with Gasteiger partial charge in [-0.05, 0) is 5.56 Å². The summed E-state index contributed by atoms with van der Waals surface area (Å²) in [7, 11) is 0. The molecule has 0 fully saturated rings. The SMILES string of the molecule is c1ccc(C[n+]2c[nH]c3ncncc32)cc1. The smallest absolute Gasteiger partial charge is 0.240 e. The van der Waals surface area contributed by atoms with Crippen LogP contribution in [0.1, 0.15) is 5.56 Å². The molecule has 4 nitrogen and oxygen atoms in total. The van der Waals surface area contributed by atoms with Crippen LogP contribution in [0.2, 0.25) is 0 Å². The molecule has 0 aliphatic rings. The van der Waals surface area contributed by atoms with Crippen LogP contribution in [0, 0.1) is 0 Å². The average molecular weight is 211 g/mol. The Morgan fingerprint density at radius 3 is 2.94 bits per heavy atom. The first-order valence-electron chi connectivity index (χ1n) is 5.14. The normalized spacial score (nSPS) is 10.8. The van der Waals surface area contributed by atoms with Crippen LogP contribution in [0.5, 0.6) is 0 Å². The number of hydrogen-bond donors (Lipinski definition) is 1. The van der Waals surface area contributed by atoms with E-state index in [2.05, 4.69) is 31.7 Å². The maximum Gasteiger partial charge on any atom is 0.269 e. The molecule has 0 radical (unpaired) electrons. The van der Waals surface area contributed by atoms with Crippen LogP contribution in [0.4, 0.5) is 0 Å². The lowest BCUT2D eigenvalue weighted by Gasteiger charge is -1.97. The standard InChI is InChI=1S/C12H10N4/c1-2-4-10(5-3-1)7-16-9-15-12-11(16)6-13-8-14-12/h1-6,8-9H,7H2/p+1. The van der Waals surface area contributed by atoms with Crippen molar-refractivity contribution >= 4 is 11.2 Å². The Kier molecular flexibility index (Phi) is 2.11. The summed E-state index contributed by atoms with van der Waals surface area (Å²) in [6.07, 6.45) is 5.29. The second-order valence-corrected chi connectivity index (χ2v) is 3.64. The second kappa shape index (κ2) is 3.73. The molecule has 0 atom stereocenters. The Balaban J connectivity index is 2.01. The number of benzene rings is 1. The highest BCUT2D eigenvalue weighted by molar-refractivity contribution is 5.63. The number of aromatic amines is 1. The van der Waals surface area contributed by atoms with Crippen molar-refractivity contribution < 1.29 is 4.57 Å². The Hall–Kier alpha value is -2.23. The van der Waals surface area contributed by atoms with E-state index in [1.807, 2.05) is 30.7 Å². The molecule has 1 aromatic carbocycles. The molecule has 1 N–H and O–H groups in total. The van der Waals surface area contributed by atoms with Crippen LogP contribution in [0.25, 0.3) is 11.2 Å². The zero-order chi connectivity index (χ0) is 10.8. The second-order valence-electron chi connectivity index (χ2n) is 3.64. The first-order chi connectivity index (χ1) is 7.93. The van der Waals surface area contributed by atoms with E-state index in [0.717, 1.165) is 17.7 Å². The molecule has 78 valence electrons. The van der Waals surface area contributed by atoms with E-state index in [1.54, 1.807) is 6.33 Å². The number of fused-ring (bicyclic) bond motifs is 1. The van der Waals surface area contributed by atoms with Gasteiger partial charge in [-0.15, -0.1) is 0 Å². The van der Waals surface area contributed by atoms with E-state index < -0.39 is 0 Å². The minimum atomic E-state index is 0.828. The molecule has 2 heterocycles. The van der Waals surface area contributed by atoms with E-state index >= 15 is 0 Å². The van der Waals surface area contributed by atoms with Crippen molar-refractivity contribution in [2.24, 2.45) is 0 Å². The molecule has 0 aliphatic heterocycles. The van der Waals surface area contributed by atoms with Gasteiger partial charge in [-0.1, -0.05) is 30.3 Å². The van der Waals surface area contributed by atoms with Crippen molar-refractivity contribution in [2.45, 2.75) is 6.54 Å². The fraction of sp³-hybridized carbons (Fsp3) is 0.0833. The van der Waals surface area contributed by atoms with Crippen molar-refractivity contribution in [3.05, 3.63) is 54.7 Å². The fourth-order valence-electron chi connectivity index (χ4n) is 1.76. The Bertz CT molecular complexity index is 600. The molecule has 0 bridgehead atoms. The summed E-state index contributed by atoms with van der Waals surface area (Å²) in [5, 5.41) is 0. The number of hydrogen-bond acceptors (Lipinski definition) is 2. The summed E-state index contributed by atoms with van der Waals surface area (Å²) in [5.41, 5.74) is 3.15. The summed E-state index contributed by atoms with van der Waals surface area (Å²) in [5.74, 6) is 0. The molecule has 3 aromatic rings. The first-order valence-corrected chi connectivity index (χ1v) is 5.14. The molecule has 4 heteroatoms. The molecule has 0 saturated carbocycles. The summed E-state index contributed by atoms with van der Waals surface area (Å²) < 4.78 is 2.10. The molecular weight excluding hydrogens is 200 g/mol. The van der Waals surface area contributed by atoms with Crippen molar-refractivity contribution in [1.82, 2.24) is 15.0 Å². The van der Waals surface area contributed by atoms with Crippen LogP contribution in [-0.4, -0.2) is 15.0 Å². The van der Waals surface area contributed by atoms with Crippen LogP contribution in [-0.2, 0) is 6.54 Å². The number of H-pyrrole nitrogens is 1. The molecule has 16 heavy (non-hydrogen) atoms. The Labute approximate surface area is 92.6 Å². The molecule has 0 aliphatic carbocycles. The average Bonchev–Trinajstić information content (AvgIpc) is 2.74. The fourth-order valence-corrected chi connectivity index (χ4v) is 1.76. The lowest BCUT2D eigenvalue weighted by atomic mass is 10.2. The van der Waals surface area contributed by atoms with Crippen LogP contribution < -0.4 is 4.57 Å². The number of nitrogens with zero attached hydrogens (tertiary/aromatic N) is 3. The van der Waals surface area contributed by atoms with Gasteiger partial charge in [-0.25, -0.2) is 14.5 Å². The third kappa shape index (κ3) is 1.54. The molecule has 0 amide bonds. The van der Waals surface area contributed by atoms with E-state index in [0.29, 0.717) is 0 Å². The van der Waals surface area contributed by atoms with Gasteiger partial charge in [0.1, 0.15) is 12.9 Å². The maximum absolute atomic E-state index is 4.16. The topological polar surface area (TPSA) is 45.5 Å². The highest BCUT2D eigenvalue weighted by Gasteiger charge is 2.10. The van der Waals surface area contributed by atoms with Crippen molar-refractivity contribution in [2.75, 3.05) is 0 Å². The Morgan fingerprint density at radius 2 is 2.06 bits per heavy atom. The number of imidazole rings is 1. The van der Waals surface area contributed by atoms with Gasteiger partial charge in [-0.2, -0.15) is 4.98 Å². The van der Waals surface area contributed by atoms with Gasteiger partial charge < -0.3 is 0 Å². The van der Waals surface area contributed by atoms with Gasteiger partial charge in [0.2, 0.25) is 11.8 Å². The minimum absolute atomic E-state index is 0.828. The van der Waals surface area contributed by atoms with Gasteiger partial charge in [0.25, 0.3) is 5.65 Å². The van der Waals surface area contributed by atoms with Crippen LogP contribution in [0.3, 0.4) is 0 Å². The molecule has 0 saturated heterocycles. The van der Waals surface area contributed by atoms with Crippen LogP contribution in [0.15, 0.2) is 49.2 Å². The molecular formula is C12H11N4+. The third-order valence-electron chi connectivity index (χ3n) is 2.56. The highest BCUT2D eigenvalue weighted by atomic mass is 15.1. The van der Waals surface area contributed by atoms with E-state index in [-0.39, 0.29) is 0 Å². The molecule has 2 aromatic heterocycles. The zero-order valence-electron chi connectivity index (χ0n) is 8.67. The van der Waals surface area contributed by atoms with Gasteiger partial charge in [-0.3, -0.25) is 0 Å². The quantitative estimate of drug-likeness (QED) is 0.649. The van der Waals surface area contributed by atoms with Gasteiger partial charge in [0.05, 0.1) is 6.20 Å². The van der Waals surface area contributed by atoms with Crippen LogP contribution >= 0.6 is 0 Å². The lowest BCUT2D eigenvalue weighted by Crippen LogP contribution is -2.32. The monoisotopic (exact) mass is 211 g/mol. The van der Waals surface area contributed by atoms with Gasteiger partial charge >= 0.3 is 0 Å². The molecule has 3 rings (SSSR count). The first kappa shape index (κ1) is 9.03. The van der Waals surface area contributed by atoms with E-state index in [1.165, 1.54) is 5.56 Å². The predicted octanol–water partition coefficient (Wildman–Crippen LogP) is 1.29. The maximum atomic E-state index is 4.16. The summed E-state index contributed by atoms with van der Waals surface area (Å²) >= 11 is 0. The largest absolute Gasteiger partial charge is 0.269 e. The van der Waals surface area contributed by atoms with E-state index in [4.69, 9.17) is 0 Å². The molecule has 0 unspecified atom stereocenters. The highest BCUT2D eigenvalue weighted by Crippen LogP contribution is 2.03. The van der Waals surface area contributed by atoms with Gasteiger partial charge in [0.15, 0.2) is 0 Å². The summed E-state index contributed by atoms with van der Waals surface area (Å²) in [4.78, 5) is 11.3. The minimum Gasteiger partial charge on any atom is -0.240 e. The number of rotatable bonds is 2. The summed E-state index contributed by atoms with van der Waals surface area (Å²) in [6, 6.07) is 10.3.